The molecule has 1 saturated carbocycles. The molecule has 2 heterocycles. The highest BCUT2D eigenvalue weighted by Crippen LogP contribution is 2.34. The Morgan fingerprint density at radius 3 is 2.58 bits per heavy atom. The summed E-state index contributed by atoms with van der Waals surface area (Å²) in [7, 11) is 0. The Morgan fingerprint density at radius 1 is 1.12 bits per heavy atom. The molecule has 0 N–H and O–H groups in total. The van der Waals surface area contributed by atoms with Crippen LogP contribution in [-0.2, 0) is 11.3 Å². The molecule has 2 aliphatic rings. The normalized spacial score (nSPS) is 19.9. The molecule has 2 amide bonds. The van der Waals surface area contributed by atoms with E-state index in [4.69, 9.17) is 0 Å². The third-order valence-corrected chi connectivity index (χ3v) is 6.02. The zero-order chi connectivity index (χ0) is 18.1. The van der Waals surface area contributed by atoms with Crippen molar-refractivity contribution in [2.75, 3.05) is 0 Å². The number of amides is 2. The minimum atomic E-state index is -0.200. The van der Waals surface area contributed by atoms with Gasteiger partial charge < -0.3 is 4.57 Å². The van der Waals surface area contributed by atoms with Crippen LogP contribution in [0.15, 0.2) is 47.6 Å². The standard InChI is InChI=1S/C21H22N2O2S/c1-15-6-8-16(9-7-15)14-23-20(24)19(26-21(23)25)12-17-10-11-22(13-17)18-4-2-3-5-18/h6-13,18H,2-5,14H2,1H3/b19-12+. The summed E-state index contributed by atoms with van der Waals surface area (Å²) in [6.45, 7) is 2.34. The third kappa shape index (κ3) is 3.49. The summed E-state index contributed by atoms with van der Waals surface area (Å²) in [6.07, 6.45) is 11.0. The first-order valence-corrected chi connectivity index (χ1v) is 9.90. The fourth-order valence-electron chi connectivity index (χ4n) is 3.61. The van der Waals surface area contributed by atoms with Crippen molar-refractivity contribution >= 4 is 29.0 Å². The van der Waals surface area contributed by atoms with E-state index in [1.807, 2.05) is 43.3 Å². The lowest BCUT2D eigenvalue weighted by Crippen LogP contribution is -2.27. The van der Waals surface area contributed by atoms with Gasteiger partial charge in [-0.25, -0.2) is 0 Å². The number of nitrogens with zero attached hydrogens (tertiary/aromatic N) is 2. The van der Waals surface area contributed by atoms with Gasteiger partial charge in [0.05, 0.1) is 11.4 Å². The summed E-state index contributed by atoms with van der Waals surface area (Å²) >= 11 is 1.03. The van der Waals surface area contributed by atoms with E-state index in [0.717, 1.165) is 28.5 Å². The third-order valence-electron chi connectivity index (χ3n) is 5.12. The molecular formula is C21H22N2O2S. The molecule has 1 aliphatic carbocycles. The van der Waals surface area contributed by atoms with Crippen molar-refractivity contribution in [3.8, 4) is 0 Å². The minimum Gasteiger partial charge on any atom is -0.351 e. The van der Waals surface area contributed by atoms with E-state index < -0.39 is 0 Å². The van der Waals surface area contributed by atoms with Crippen molar-refractivity contribution in [3.05, 3.63) is 64.3 Å². The van der Waals surface area contributed by atoms with Crippen LogP contribution in [0.1, 0.15) is 48.4 Å². The summed E-state index contributed by atoms with van der Waals surface area (Å²) in [6, 6.07) is 10.5. The summed E-state index contributed by atoms with van der Waals surface area (Å²) in [4.78, 5) is 26.8. The molecule has 1 aliphatic heterocycles. The maximum Gasteiger partial charge on any atom is 0.293 e. The van der Waals surface area contributed by atoms with Crippen molar-refractivity contribution in [3.63, 3.8) is 0 Å². The van der Waals surface area contributed by atoms with Crippen molar-refractivity contribution in [1.82, 2.24) is 9.47 Å². The first-order chi connectivity index (χ1) is 12.6. The molecule has 2 aromatic rings. The molecule has 0 spiro atoms. The van der Waals surface area contributed by atoms with Gasteiger partial charge in [0.15, 0.2) is 0 Å². The quantitative estimate of drug-likeness (QED) is 0.703. The SMILES string of the molecule is Cc1ccc(CN2C(=O)S/C(=C/c3ccn(C4CCCC4)c3)C2=O)cc1. The lowest BCUT2D eigenvalue weighted by molar-refractivity contribution is -0.123. The number of benzene rings is 1. The van der Waals surface area contributed by atoms with Crippen LogP contribution in [0.5, 0.6) is 0 Å². The zero-order valence-electron chi connectivity index (χ0n) is 14.9. The maximum atomic E-state index is 12.7. The highest BCUT2D eigenvalue weighted by Gasteiger charge is 2.35. The predicted molar refractivity (Wildman–Crippen MR) is 105 cm³/mol. The molecule has 134 valence electrons. The fourth-order valence-corrected chi connectivity index (χ4v) is 4.45. The highest BCUT2D eigenvalue weighted by molar-refractivity contribution is 8.18. The van der Waals surface area contributed by atoms with E-state index in [0.29, 0.717) is 17.5 Å². The van der Waals surface area contributed by atoms with Crippen LogP contribution in [0.25, 0.3) is 6.08 Å². The molecule has 0 radical (unpaired) electrons. The molecule has 1 aromatic heterocycles. The Morgan fingerprint density at radius 2 is 1.85 bits per heavy atom. The average molecular weight is 366 g/mol. The van der Waals surface area contributed by atoms with Gasteiger partial charge in [0.1, 0.15) is 0 Å². The van der Waals surface area contributed by atoms with Crippen molar-refractivity contribution in [2.45, 2.75) is 45.2 Å². The van der Waals surface area contributed by atoms with Crippen molar-refractivity contribution in [1.29, 1.82) is 0 Å². The van der Waals surface area contributed by atoms with Gasteiger partial charge in [0, 0.05) is 18.4 Å². The molecule has 0 unspecified atom stereocenters. The molecule has 4 nitrogen and oxygen atoms in total. The molecule has 0 bridgehead atoms. The smallest absolute Gasteiger partial charge is 0.293 e. The summed E-state index contributed by atoms with van der Waals surface area (Å²) < 4.78 is 2.25. The molecule has 0 atom stereocenters. The van der Waals surface area contributed by atoms with Crippen molar-refractivity contribution in [2.24, 2.45) is 0 Å². The molecule has 1 saturated heterocycles. The van der Waals surface area contributed by atoms with E-state index in [9.17, 15) is 9.59 Å². The number of aromatic nitrogens is 1. The maximum absolute atomic E-state index is 12.7. The first-order valence-electron chi connectivity index (χ1n) is 9.08. The van der Waals surface area contributed by atoms with Gasteiger partial charge in [0.2, 0.25) is 0 Å². The van der Waals surface area contributed by atoms with E-state index >= 15 is 0 Å². The van der Waals surface area contributed by atoms with Gasteiger partial charge in [-0.2, -0.15) is 0 Å². The second-order valence-electron chi connectivity index (χ2n) is 7.08. The van der Waals surface area contributed by atoms with Gasteiger partial charge in [-0.3, -0.25) is 14.5 Å². The molecule has 2 fully saturated rings. The number of carbonyl (C=O) groups excluding carboxylic acids is 2. The summed E-state index contributed by atoms with van der Waals surface area (Å²) in [5.74, 6) is -0.200. The van der Waals surface area contributed by atoms with Gasteiger partial charge in [-0.05, 0) is 54.8 Å². The number of imide groups is 1. The number of hydrogen-bond acceptors (Lipinski definition) is 3. The zero-order valence-corrected chi connectivity index (χ0v) is 15.7. The Balaban J connectivity index is 1.49. The second kappa shape index (κ2) is 7.16. The number of aryl methyl sites for hydroxylation is 1. The predicted octanol–water partition coefficient (Wildman–Crippen LogP) is 5.15. The van der Waals surface area contributed by atoms with Crippen molar-refractivity contribution < 1.29 is 9.59 Å². The van der Waals surface area contributed by atoms with E-state index in [-0.39, 0.29) is 11.1 Å². The minimum absolute atomic E-state index is 0.197. The number of rotatable bonds is 4. The number of carbonyl (C=O) groups is 2. The first kappa shape index (κ1) is 17.2. The monoisotopic (exact) mass is 366 g/mol. The lowest BCUT2D eigenvalue weighted by Gasteiger charge is -2.12. The Hall–Kier alpha value is -2.27. The van der Waals surface area contributed by atoms with Crippen LogP contribution in [-0.4, -0.2) is 20.6 Å². The van der Waals surface area contributed by atoms with Crippen LogP contribution >= 0.6 is 11.8 Å². The molecular weight excluding hydrogens is 344 g/mol. The molecule has 5 heteroatoms. The Labute approximate surface area is 157 Å². The van der Waals surface area contributed by atoms with E-state index in [2.05, 4.69) is 17.0 Å². The lowest BCUT2D eigenvalue weighted by atomic mass is 10.1. The van der Waals surface area contributed by atoms with Crippen LogP contribution in [0.2, 0.25) is 0 Å². The van der Waals surface area contributed by atoms with Crippen LogP contribution in [0, 0.1) is 6.92 Å². The largest absolute Gasteiger partial charge is 0.351 e. The topological polar surface area (TPSA) is 42.3 Å². The van der Waals surface area contributed by atoms with Gasteiger partial charge in [-0.1, -0.05) is 42.7 Å². The number of hydrogen-bond donors (Lipinski definition) is 0. The summed E-state index contributed by atoms with van der Waals surface area (Å²) in [5.41, 5.74) is 3.11. The van der Waals surface area contributed by atoms with Crippen LogP contribution in [0.3, 0.4) is 0 Å². The van der Waals surface area contributed by atoms with Gasteiger partial charge >= 0.3 is 0 Å². The highest BCUT2D eigenvalue weighted by atomic mass is 32.2. The molecule has 1 aromatic carbocycles. The molecule has 4 rings (SSSR count). The van der Waals surface area contributed by atoms with Crippen LogP contribution in [0.4, 0.5) is 4.79 Å². The Kier molecular flexibility index (Phi) is 4.72. The molecule has 26 heavy (non-hydrogen) atoms. The van der Waals surface area contributed by atoms with E-state index in [1.54, 1.807) is 0 Å². The second-order valence-corrected chi connectivity index (χ2v) is 8.08. The number of thioether (sulfide) groups is 1. The van der Waals surface area contributed by atoms with Gasteiger partial charge in [-0.15, -0.1) is 0 Å². The average Bonchev–Trinajstić information content (AvgIpc) is 3.35. The summed E-state index contributed by atoms with van der Waals surface area (Å²) in [5, 5.41) is -0.197. The van der Waals surface area contributed by atoms with Crippen LogP contribution < -0.4 is 0 Å². The fraction of sp³-hybridized carbons (Fsp3) is 0.333. The Bertz CT molecular complexity index is 860. The van der Waals surface area contributed by atoms with Gasteiger partial charge in [0.25, 0.3) is 11.1 Å². The van der Waals surface area contributed by atoms with E-state index in [1.165, 1.54) is 30.6 Å².